The van der Waals surface area contributed by atoms with Crippen molar-refractivity contribution >= 4 is 35.0 Å². The molecule has 0 aliphatic carbocycles. The van der Waals surface area contributed by atoms with Crippen molar-refractivity contribution in [3.8, 4) is 0 Å². The third-order valence-electron chi connectivity index (χ3n) is 5.28. The molecule has 4 nitrogen and oxygen atoms in total. The molecule has 33 heavy (non-hydrogen) atoms. The van der Waals surface area contributed by atoms with Crippen LogP contribution in [-0.2, 0) is 29.0 Å². The van der Waals surface area contributed by atoms with E-state index < -0.39 is 6.04 Å². The number of carbonyl (C=O) groups is 2. The van der Waals surface area contributed by atoms with Gasteiger partial charge < -0.3 is 10.2 Å². The lowest BCUT2D eigenvalue weighted by Gasteiger charge is -2.32. The first-order valence-corrected chi connectivity index (χ1v) is 11.4. The zero-order valence-corrected chi connectivity index (χ0v) is 19.7. The van der Waals surface area contributed by atoms with Gasteiger partial charge in [0.2, 0.25) is 11.8 Å². The van der Waals surface area contributed by atoms with E-state index in [0.29, 0.717) is 34.1 Å². The molecular formula is C26H25Cl2FN2O2. The first-order chi connectivity index (χ1) is 15.9. The van der Waals surface area contributed by atoms with Gasteiger partial charge in [-0.3, -0.25) is 9.59 Å². The highest BCUT2D eigenvalue weighted by atomic mass is 35.5. The summed E-state index contributed by atoms with van der Waals surface area (Å²) in [5.41, 5.74) is 2.13. The SMILES string of the molecule is CCNC(=O)[C@@H](Cc1ccccc1)N(Cc1c(Cl)cccc1Cl)C(=O)Cc1ccc(F)cc1. The number of nitrogens with one attached hydrogen (secondary N) is 1. The second-order valence-corrected chi connectivity index (χ2v) is 8.44. The second-order valence-electron chi connectivity index (χ2n) is 7.63. The third kappa shape index (κ3) is 6.80. The lowest BCUT2D eigenvalue weighted by Crippen LogP contribution is -2.51. The molecule has 3 rings (SSSR count). The van der Waals surface area contributed by atoms with Crippen molar-refractivity contribution in [3.63, 3.8) is 0 Å². The molecule has 0 saturated heterocycles. The maximum Gasteiger partial charge on any atom is 0.243 e. The van der Waals surface area contributed by atoms with E-state index >= 15 is 0 Å². The van der Waals surface area contributed by atoms with Gasteiger partial charge in [0.05, 0.1) is 6.42 Å². The minimum Gasteiger partial charge on any atom is -0.355 e. The van der Waals surface area contributed by atoms with E-state index in [1.54, 1.807) is 30.3 Å². The minimum absolute atomic E-state index is 0.00699. The molecule has 1 N–H and O–H groups in total. The molecule has 0 radical (unpaired) electrons. The molecule has 0 heterocycles. The Kier molecular flexibility index (Phi) is 8.87. The van der Waals surface area contributed by atoms with Gasteiger partial charge in [-0.25, -0.2) is 4.39 Å². The van der Waals surface area contributed by atoms with Crippen molar-refractivity contribution in [3.05, 3.63) is 105 Å². The number of halogens is 3. The summed E-state index contributed by atoms with van der Waals surface area (Å²) in [7, 11) is 0. The van der Waals surface area contributed by atoms with Gasteiger partial charge in [0.25, 0.3) is 0 Å². The van der Waals surface area contributed by atoms with Gasteiger partial charge in [-0.1, -0.05) is 71.7 Å². The van der Waals surface area contributed by atoms with E-state index in [1.807, 2.05) is 37.3 Å². The van der Waals surface area contributed by atoms with E-state index in [4.69, 9.17) is 23.2 Å². The van der Waals surface area contributed by atoms with Crippen LogP contribution < -0.4 is 5.32 Å². The lowest BCUT2D eigenvalue weighted by molar-refractivity contribution is -0.140. The average molecular weight is 487 g/mol. The fourth-order valence-corrected chi connectivity index (χ4v) is 4.10. The smallest absolute Gasteiger partial charge is 0.243 e. The van der Waals surface area contributed by atoms with Gasteiger partial charge in [0.15, 0.2) is 0 Å². The van der Waals surface area contributed by atoms with Gasteiger partial charge >= 0.3 is 0 Å². The van der Waals surface area contributed by atoms with Crippen LogP contribution in [0.1, 0.15) is 23.6 Å². The summed E-state index contributed by atoms with van der Waals surface area (Å²) in [6, 6.07) is 19.6. The molecule has 0 spiro atoms. The zero-order chi connectivity index (χ0) is 23.8. The molecule has 0 aliphatic heterocycles. The van der Waals surface area contributed by atoms with Crippen molar-refractivity contribution in [1.82, 2.24) is 10.2 Å². The van der Waals surface area contributed by atoms with Crippen LogP contribution in [0.15, 0.2) is 72.8 Å². The van der Waals surface area contributed by atoms with Crippen LogP contribution in [0.2, 0.25) is 10.0 Å². The Hall–Kier alpha value is -2.89. The van der Waals surface area contributed by atoms with Gasteiger partial charge in [-0.15, -0.1) is 0 Å². The Morgan fingerprint density at radius 3 is 2.15 bits per heavy atom. The van der Waals surface area contributed by atoms with Gasteiger partial charge in [0.1, 0.15) is 11.9 Å². The number of amides is 2. The van der Waals surface area contributed by atoms with Crippen LogP contribution in [0.25, 0.3) is 0 Å². The molecule has 3 aromatic carbocycles. The number of rotatable bonds is 9. The molecule has 0 unspecified atom stereocenters. The minimum atomic E-state index is -0.785. The average Bonchev–Trinajstić information content (AvgIpc) is 2.80. The van der Waals surface area contributed by atoms with E-state index in [9.17, 15) is 14.0 Å². The molecule has 0 aliphatic rings. The molecule has 3 aromatic rings. The van der Waals surface area contributed by atoms with E-state index in [0.717, 1.165) is 5.56 Å². The maximum atomic E-state index is 13.5. The van der Waals surface area contributed by atoms with Crippen LogP contribution >= 0.6 is 23.2 Å². The number of benzene rings is 3. The summed E-state index contributed by atoms with van der Waals surface area (Å²) in [4.78, 5) is 28.2. The Labute approximate surface area is 203 Å². The number of hydrogen-bond acceptors (Lipinski definition) is 2. The molecule has 1 atom stereocenters. The number of likely N-dealkylation sites (N-methyl/N-ethyl adjacent to an activating group) is 1. The maximum absolute atomic E-state index is 13.5. The summed E-state index contributed by atoms with van der Waals surface area (Å²) in [6.45, 7) is 2.32. The van der Waals surface area contributed by atoms with Gasteiger partial charge in [-0.2, -0.15) is 0 Å². The molecule has 0 aromatic heterocycles. The topological polar surface area (TPSA) is 49.4 Å². The molecule has 0 fully saturated rings. The van der Waals surface area contributed by atoms with Crippen LogP contribution in [0, 0.1) is 5.82 Å². The van der Waals surface area contributed by atoms with E-state index in [1.165, 1.54) is 17.0 Å². The summed E-state index contributed by atoms with van der Waals surface area (Å²) in [5, 5.41) is 3.67. The lowest BCUT2D eigenvalue weighted by atomic mass is 10.0. The fraction of sp³-hybridized carbons (Fsp3) is 0.231. The predicted octanol–water partition coefficient (Wildman–Crippen LogP) is 5.45. The van der Waals surface area contributed by atoms with Crippen molar-refractivity contribution in [2.45, 2.75) is 32.4 Å². The van der Waals surface area contributed by atoms with E-state index in [-0.39, 0.29) is 30.6 Å². The monoisotopic (exact) mass is 486 g/mol. The van der Waals surface area contributed by atoms with Crippen molar-refractivity contribution in [2.24, 2.45) is 0 Å². The molecule has 172 valence electrons. The number of carbonyl (C=O) groups excluding carboxylic acids is 2. The molecule has 2 amide bonds. The highest BCUT2D eigenvalue weighted by molar-refractivity contribution is 6.36. The second kappa shape index (κ2) is 11.8. The summed E-state index contributed by atoms with van der Waals surface area (Å²) < 4.78 is 13.3. The third-order valence-corrected chi connectivity index (χ3v) is 5.99. The van der Waals surface area contributed by atoms with Crippen molar-refractivity contribution in [2.75, 3.05) is 6.54 Å². The Morgan fingerprint density at radius 2 is 1.55 bits per heavy atom. The Balaban J connectivity index is 1.99. The first-order valence-electron chi connectivity index (χ1n) is 10.7. The molecule has 7 heteroatoms. The first kappa shape index (κ1) is 24.7. The quantitative estimate of drug-likeness (QED) is 0.437. The Bertz CT molecular complexity index is 1070. The van der Waals surface area contributed by atoms with Crippen molar-refractivity contribution < 1.29 is 14.0 Å². The Morgan fingerprint density at radius 1 is 0.909 bits per heavy atom. The standard InChI is InChI=1S/C26H25Cl2FN2O2/c1-2-30-26(33)24(15-18-7-4-3-5-8-18)31(17-21-22(27)9-6-10-23(21)28)25(32)16-19-11-13-20(29)14-12-19/h3-14,24H,2,15-17H2,1H3,(H,30,33)/t24-/m1/s1. The van der Waals surface area contributed by atoms with E-state index in [2.05, 4.69) is 5.32 Å². The number of hydrogen-bond donors (Lipinski definition) is 1. The molecule has 0 saturated carbocycles. The normalized spacial score (nSPS) is 11.6. The van der Waals surface area contributed by atoms with Crippen LogP contribution in [0.4, 0.5) is 4.39 Å². The molecule has 0 bridgehead atoms. The highest BCUT2D eigenvalue weighted by Crippen LogP contribution is 2.27. The molecular weight excluding hydrogens is 462 g/mol. The van der Waals surface area contributed by atoms with Crippen LogP contribution in [-0.4, -0.2) is 29.3 Å². The summed E-state index contributed by atoms with van der Waals surface area (Å²) in [6.07, 6.45) is 0.330. The van der Waals surface area contributed by atoms with Gasteiger partial charge in [-0.05, 0) is 42.3 Å². The summed E-state index contributed by atoms with van der Waals surface area (Å²) in [5.74, 6) is -0.933. The highest BCUT2D eigenvalue weighted by Gasteiger charge is 2.31. The number of nitrogens with zero attached hydrogens (tertiary/aromatic N) is 1. The fourth-order valence-electron chi connectivity index (χ4n) is 3.58. The summed E-state index contributed by atoms with van der Waals surface area (Å²) >= 11 is 12.8. The van der Waals surface area contributed by atoms with Crippen LogP contribution in [0.5, 0.6) is 0 Å². The predicted molar refractivity (Wildman–Crippen MR) is 130 cm³/mol. The van der Waals surface area contributed by atoms with Crippen molar-refractivity contribution in [1.29, 1.82) is 0 Å². The van der Waals surface area contributed by atoms with Gasteiger partial charge in [0, 0.05) is 35.1 Å². The zero-order valence-electron chi connectivity index (χ0n) is 18.2. The van der Waals surface area contributed by atoms with Crippen LogP contribution in [0.3, 0.4) is 0 Å². The largest absolute Gasteiger partial charge is 0.355 e.